The van der Waals surface area contributed by atoms with Crippen LogP contribution in [0.2, 0.25) is 0 Å². The number of hydrogen-bond acceptors (Lipinski definition) is 6. The molecule has 108 valence electrons. The summed E-state index contributed by atoms with van der Waals surface area (Å²) in [6.45, 7) is 7.87. The summed E-state index contributed by atoms with van der Waals surface area (Å²) < 4.78 is 5.25. The second kappa shape index (κ2) is 5.56. The van der Waals surface area contributed by atoms with E-state index >= 15 is 0 Å². The van der Waals surface area contributed by atoms with Crippen molar-refractivity contribution in [2.24, 2.45) is 11.7 Å². The van der Waals surface area contributed by atoms with Crippen LogP contribution in [-0.2, 0) is 12.1 Å². The Hall–Kier alpha value is -0.980. The summed E-state index contributed by atoms with van der Waals surface area (Å²) in [6, 6.07) is 0. The average molecular weight is 267 g/mol. The Balaban J connectivity index is 1.85. The van der Waals surface area contributed by atoms with Gasteiger partial charge in [0.05, 0.1) is 12.1 Å². The molecule has 2 rings (SSSR count). The van der Waals surface area contributed by atoms with Crippen molar-refractivity contribution in [3.63, 3.8) is 0 Å². The summed E-state index contributed by atoms with van der Waals surface area (Å²) in [4.78, 5) is 8.97. The fourth-order valence-corrected chi connectivity index (χ4v) is 2.49. The standard InChI is InChI=1S/C13H25N5O/c1-13(2,14)12-15-11(19-16-12)9-18(4)8-10-5-6-17(3)7-10/h10H,5-9,14H2,1-4H3. The molecule has 0 amide bonds. The van der Waals surface area contributed by atoms with E-state index in [2.05, 4.69) is 34.0 Å². The van der Waals surface area contributed by atoms with Crippen LogP contribution in [0.5, 0.6) is 0 Å². The van der Waals surface area contributed by atoms with Crippen LogP contribution in [0.1, 0.15) is 32.0 Å². The molecule has 19 heavy (non-hydrogen) atoms. The first kappa shape index (κ1) is 14.4. The first-order valence-corrected chi connectivity index (χ1v) is 6.83. The Kier molecular flexibility index (Phi) is 4.23. The molecule has 2 N–H and O–H groups in total. The van der Waals surface area contributed by atoms with E-state index < -0.39 is 5.54 Å². The molecule has 0 spiro atoms. The molecule has 0 radical (unpaired) electrons. The Morgan fingerprint density at radius 2 is 2.26 bits per heavy atom. The first-order valence-electron chi connectivity index (χ1n) is 6.83. The summed E-state index contributed by atoms with van der Waals surface area (Å²) in [5, 5.41) is 3.94. The molecule has 1 aliphatic heterocycles. The third-order valence-electron chi connectivity index (χ3n) is 3.51. The van der Waals surface area contributed by atoms with Gasteiger partial charge in [0.2, 0.25) is 5.89 Å². The van der Waals surface area contributed by atoms with Crippen molar-refractivity contribution in [1.29, 1.82) is 0 Å². The number of aromatic nitrogens is 2. The maximum Gasteiger partial charge on any atom is 0.240 e. The van der Waals surface area contributed by atoms with Crippen LogP contribution >= 0.6 is 0 Å². The largest absolute Gasteiger partial charge is 0.338 e. The van der Waals surface area contributed by atoms with Crippen molar-refractivity contribution in [2.75, 3.05) is 33.7 Å². The highest BCUT2D eigenvalue weighted by Gasteiger charge is 2.24. The normalized spacial score (nSPS) is 21.5. The summed E-state index contributed by atoms with van der Waals surface area (Å²) in [5.41, 5.74) is 5.40. The van der Waals surface area contributed by atoms with Gasteiger partial charge in [-0.1, -0.05) is 5.16 Å². The van der Waals surface area contributed by atoms with Crippen LogP contribution in [0.4, 0.5) is 0 Å². The van der Waals surface area contributed by atoms with E-state index in [9.17, 15) is 0 Å². The molecule has 1 atom stereocenters. The van der Waals surface area contributed by atoms with E-state index in [1.54, 1.807) is 0 Å². The van der Waals surface area contributed by atoms with Crippen LogP contribution in [0.15, 0.2) is 4.52 Å². The van der Waals surface area contributed by atoms with E-state index in [1.807, 2.05) is 13.8 Å². The summed E-state index contributed by atoms with van der Waals surface area (Å²) in [5.74, 6) is 1.95. The van der Waals surface area contributed by atoms with Gasteiger partial charge in [-0.05, 0) is 46.8 Å². The molecule has 1 saturated heterocycles. The van der Waals surface area contributed by atoms with Gasteiger partial charge in [0.15, 0.2) is 5.82 Å². The zero-order chi connectivity index (χ0) is 14.0. The molecule has 6 heteroatoms. The van der Waals surface area contributed by atoms with Gasteiger partial charge in [0.25, 0.3) is 0 Å². The second-order valence-corrected chi connectivity index (χ2v) is 6.35. The van der Waals surface area contributed by atoms with Crippen LogP contribution < -0.4 is 5.73 Å². The lowest BCUT2D eigenvalue weighted by atomic mass is 10.1. The SMILES string of the molecule is CN1CCC(CN(C)Cc2nc(C(C)(C)N)no2)C1. The Morgan fingerprint density at radius 1 is 1.53 bits per heavy atom. The van der Waals surface area contributed by atoms with Gasteiger partial charge in [-0.3, -0.25) is 4.90 Å². The number of hydrogen-bond donors (Lipinski definition) is 1. The minimum Gasteiger partial charge on any atom is -0.338 e. The van der Waals surface area contributed by atoms with E-state index in [4.69, 9.17) is 10.3 Å². The highest BCUT2D eigenvalue weighted by molar-refractivity contribution is 4.98. The van der Waals surface area contributed by atoms with Gasteiger partial charge in [0, 0.05) is 13.1 Å². The van der Waals surface area contributed by atoms with Crippen molar-refractivity contribution in [2.45, 2.75) is 32.4 Å². The molecule has 0 bridgehead atoms. The molecule has 1 unspecified atom stereocenters. The van der Waals surface area contributed by atoms with Gasteiger partial charge in [-0.15, -0.1) is 0 Å². The summed E-state index contributed by atoms with van der Waals surface area (Å²) >= 11 is 0. The molecule has 0 aliphatic carbocycles. The maximum absolute atomic E-state index is 5.94. The monoisotopic (exact) mass is 267 g/mol. The fourth-order valence-electron chi connectivity index (χ4n) is 2.49. The maximum atomic E-state index is 5.94. The first-order chi connectivity index (χ1) is 8.84. The van der Waals surface area contributed by atoms with Crippen molar-refractivity contribution < 1.29 is 4.52 Å². The van der Waals surface area contributed by atoms with Crippen LogP contribution in [0, 0.1) is 5.92 Å². The minimum atomic E-state index is -0.547. The summed E-state index contributed by atoms with van der Waals surface area (Å²) in [7, 11) is 4.27. The lowest BCUT2D eigenvalue weighted by Crippen LogP contribution is -2.30. The van der Waals surface area contributed by atoms with E-state index in [0.717, 1.165) is 12.5 Å². The average Bonchev–Trinajstić information content (AvgIpc) is 2.87. The van der Waals surface area contributed by atoms with E-state index in [1.165, 1.54) is 19.5 Å². The highest BCUT2D eigenvalue weighted by Crippen LogP contribution is 2.17. The number of nitrogens with two attached hydrogens (primary N) is 1. The Morgan fingerprint density at radius 3 is 2.79 bits per heavy atom. The van der Waals surface area contributed by atoms with Crippen molar-refractivity contribution in [3.05, 3.63) is 11.7 Å². The quantitative estimate of drug-likeness (QED) is 0.844. The number of nitrogens with zero attached hydrogens (tertiary/aromatic N) is 4. The second-order valence-electron chi connectivity index (χ2n) is 6.35. The van der Waals surface area contributed by atoms with E-state index in [0.29, 0.717) is 18.3 Å². The molecular formula is C13H25N5O. The minimum absolute atomic E-state index is 0.547. The zero-order valence-electron chi connectivity index (χ0n) is 12.4. The molecule has 1 aromatic rings. The molecule has 0 aromatic carbocycles. The third-order valence-corrected chi connectivity index (χ3v) is 3.51. The lowest BCUT2D eigenvalue weighted by molar-refractivity contribution is 0.232. The van der Waals surface area contributed by atoms with Crippen molar-refractivity contribution in [3.8, 4) is 0 Å². The molecule has 1 aromatic heterocycles. The van der Waals surface area contributed by atoms with Crippen molar-refractivity contribution >= 4 is 0 Å². The van der Waals surface area contributed by atoms with Crippen molar-refractivity contribution in [1.82, 2.24) is 19.9 Å². The number of likely N-dealkylation sites (tertiary alicyclic amines) is 1. The van der Waals surface area contributed by atoms with Gasteiger partial charge in [-0.25, -0.2) is 0 Å². The topological polar surface area (TPSA) is 71.4 Å². The van der Waals surface area contributed by atoms with Crippen LogP contribution in [0.25, 0.3) is 0 Å². The Bertz CT molecular complexity index is 411. The molecule has 1 aliphatic rings. The fraction of sp³-hybridized carbons (Fsp3) is 0.846. The third kappa shape index (κ3) is 3.99. The smallest absolute Gasteiger partial charge is 0.240 e. The lowest BCUT2D eigenvalue weighted by Gasteiger charge is -2.19. The van der Waals surface area contributed by atoms with Gasteiger partial charge >= 0.3 is 0 Å². The van der Waals surface area contributed by atoms with Gasteiger partial charge in [0.1, 0.15) is 0 Å². The molecule has 2 heterocycles. The zero-order valence-corrected chi connectivity index (χ0v) is 12.4. The summed E-state index contributed by atoms with van der Waals surface area (Å²) in [6.07, 6.45) is 1.27. The highest BCUT2D eigenvalue weighted by atomic mass is 16.5. The van der Waals surface area contributed by atoms with Gasteiger partial charge in [-0.2, -0.15) is 4.98 Å². The predicted octanol–water partition coefficient (Wildman–Crippen LogP) is 0.647. The van der Waals surface area contributed by atoms with Crippen LogP contribution in [0.3, 0.4) is 0 Å². The molecule has 6 nitrogen and oxygen atoms in total. The Labute approximate surface area is 114 Å². The van der Waals surface area contributed by atoms with E-state index in [-0.39, 0.29) is 0 Å². The predicted molar refractivity (Wildman–Crippen MR) is 73.4 cm³/mol. The molecule has 0 saturated carbocycles. The number of rotatable bonds is 5. The van der Waals surface area contributed by atoms with Gasteiger partial charge < -0.3 is 15.2 Å². The molecular weight excluding hydrogens is 242 g/mol. The molecule has 1 fully saturated rings. The van der Waals surface area contributed by atoms with Crippen LogP contribution in [-0.4, -0.2) is 53.7 Å².